The lowest BCUT2D eigenvalue weighted by Crippen LogP contribution is -2.10. The fourth-order valence-corrected chi connectivity index (χ4v) is 1.33. The molecule has 16 heavy (non-hydrogen) atoms. The van der Waals surface area contributed by atoms with Crippen LogP contribution in [0.15, 0.2) is 33.7 Å². The molecule has 0 unspecified atom stereocenters. The summed E-state index contributed by atoms with van der Waals surface area (Å²) >= 11 is 0. The molecular weight excluding hydrogens is 210 g/mol. The third-order valence-corrected chi connectivity index (χ3v) is 2.04. The molecule has 2 rings (SSSR count). The van der Waals surface area contributed by atoms with Crippen LogP contribution < -0.4 is 5.63 Å². The maximum atomic E-state index is 11.5. The maximum Gasteiger partial charge on any atom is 0.374 e. The van der Waals surface area contributed by atoms with Crippen LogP contribution >= 0.6 is 0 Å². The van der Waals surface area contributed by atoms with Gasteiger partial charge in [-0.2, -0.15) is 0 Å². The lowest BCUT2D eigenvalue weighted by molar-refractivity contribution is 0.0485. The van der Waals surface area contributed by atoms with Gasteiger partial charge in [-0.05, 0) is 24.4 Å². The van der Waals surface area contributed by atoms with Gasteiger partial charge < -0.3 is 9.15 Å². The van der Waals surface area contributed by atoms with Crippen molar-refractivity contribution in [3.8, 4) is 0 Å². The summed E-state index contributed by atoms with van der Waals surface area (Å²) in [6.07, 6.45) is 2.94. The summed E-state index contributed by atoms with van der Waals surface area (Å²) in [5, 5.41) is 0.949. The number of fused-ring (bicyclic) bond motifs is 1. The molecule has 0 aliphatic rings. The summed E-state index contributed by atoms with van der Waals surface area (Å²) < 4.78 is 9.58. The van der Waals surface area contributed by atoms with Gasteiger partial charge in [0.2, 0.25) is 5.76 Å². The quantitative estimate of drug-likeness (QED) is 0.713. The van der Waals surface area contributed by atoms with Crippen molar-refractivity contribution in [2.24, 2.45) is 0 Å². The Hall–Kier alpha value is -2.17. The molecule has 0 aromatic carbocycles. The standard InChI is InChI=1S/C11H9NO4/c1-2-15-11(14)9-5-7-3-4-12-6-8(7)10(13)16-9/h3-6H,2H2,1H3. The molecule has 0 amide bonds. The highest BCUT2D eigenvalue weighted by molar-refractivity contribution is 5.91. The number of ether oxygens (including phenoxy) is 1. The van der Waals surface area contributed by atoms with Crippen molar-refractivity contribution in [1.29, 1.82) is 0 Å². The van der Waals surface area contributed by atoms with Gasteiger partial charge >= 0.3 is 11.6 Å². The lowest BCUT2D eigenvalue weighted by atomic mass is 10.2. The summed E-state index contributed by atoms with van der Waals surface area (Å²) in [6, 6.07) is 3.10. The van der Waals surface area contributed by atoms with Crippen LogP contribution in [0, 0.1) is 0 Å². The van der Waals surface area contributed by atoms with Crippen LogP contribution in [0.25, 0.3) is 10.8 Å². The highest BCUT2D eigenvalue weighted by Crippen LogP contribution is 2.10. The zero-order chi connectivity index (χ0) is 11.5. The Balaban J connectivity index is 2.58. The van der Waals surface area contributed by atoms with Crippen molar-refractivity contribution >= 4 is 16.7 Å². The normalized spacial score (nSPS) is 10.3. The first-order chi connectivity index (χ1) is 7.72. The van der Waals surface area contributed by atoms with Gasteiger partial charge in [0.05, 0.1) is 12.0 Å². The molecule has 0 saturated heterocycles. The second-order valence-corrected chi connectivity index (χ2v) is 3.08. The molecule has 5 heteroatoms. The van der Waals surface area contributed by atoms with E-state index in [0.29, 0.717) is 10.8 Å². The first kappa shape index (κ1) is 10.4. The Kier molecular flexibility index (Phi) is 2.68. The average Bonchev–Trinajstić information content (AvgIpc) is 2.29. The molecule has 0 aliphatic carbocycles. The van der Waals surface area contributed by atoms with Crippen LogP contribution in [0.2, 0.25) is 0 Å². The molecule has 2 aromatic heterocycles. The van der Waals surface area contributed by atoms with Gasteiger partial charge in [0.25, 0.3) is 0 Å². The van der Waals surface area contributed by atoms with Crippen molar-refractivity contribution in [1.82, 2.24) is 4.98 Å². The highest BCUT2D eigenvalue weighted by atomic mass is 16.5. The number of aromatic nitrogens is 1. The van der Waals surface area contributed by atoms with Crippen LogP contribution in [-0.2, 0) is 4.74 Å². The van der Waals surface area contributed by atoms with E-state index in [1.807, 2.05) is 0 Å². The molecule has 82 valence electrons. The predicted octanol–water partition coefficient (Wildman–Crippen LogP) is 1.36. The SMILES string of the molecule is CCOC(=O)c1cc2ccncc2c(=O)o1. The first-order valence-corrected chi connectivity index (χ1v) is 4.77. The van der Waals surface area contributed by atoms with E-state index >= 15 is 0 Å². The van der Waals surface area contributed by atoms with Gasteiger partial charge in [0.1, 0.15) is 0 Å². The van der Waals surface area contributed by atoms with Gasteiger partial charge in [-0.1, -0.05) is 0 Å². The Labute approximate surface area is 90.7 Å². The van der Waals surface area contributed by atoms with Crippen molar-refractivity contribution < 1.29 is 13.9 Å². The van der Waals surface area contributed by atoms with E-state index in [1.165, 1.54) is 18.5 Å². The van der Waals surface area contributed by atoms with Crippen molar-refractivity contribution in [2.75, 3.05) is 6.61 Å². The van der Waals surface area contributed by atoms with Gasteiger partial charge in [0, 0.05) is 12.4 Å². The summed E-state index contributed by atoms with van der Waals surface area (Å²) in [4.78, 5) is 26.7. The molecule has 5 nitrogen and oxygen atoms in total. The molecule has 2 aromatic rings. The molecule has 0 atom stereocenters. The molecule has 2 heterocycles. The number of carbonyl (C=O) groups excluding carboxylic acids is 1. The molecule has 0 N–H and O–H groups in total. The topological polar surface area (TPSA) is 69.4 Å². The zero-order valence-electron chi connectivity index (χ0n) is 8.60. The second kappa shape index (κ2) is 4.14. The largest absolute Gasteiger partial charge is 0.460 e. The fraction of sp³-hybridized carbons (Fsp3) is 0.182. The van der Waals surface area contributed by atoms with Crippen LogP contribution in [0.1, 0.15) is 17.5 Å². The van der Waals surface area contributed by atoms with Gasteiger partial charge in [0.15, 0.2) is 0 Å². The lowest BCUT2D eigenvalue weighted by Gasteiger charge is -2.01. The van der Waals surface area contributed by atoms with Crippen molar-refractivity contribution in [3.63, 3.8) is 0 Å². The summed E-state index contributed by atoms with van der Waals surface area (Å²) in [5.74, 6) is -0.733. The van der Waals surface area contributed by atoms with Crippen molar-refractivity contribution in [2.45, 2.75) is 6.92 Å². The minimum Gasteiger partial charge on any atom is -0.460 e. The van der Waals surface area contributed by atoms with Crippen LogP contribution in [0.3, 0.4) is 0 Å². The molecule has 0 bridgehead atoms. The van der Waals surface area contributed by atoms with E-state index in [2.05, 4.69) is 4.98 Å². The number of nitrogens with zero attached hydrogens (tertiary/aromatic N) is 1. The third kappa shape index (κ3) is 1.79. The van der Waals surface area contributed by atoms with E-state index in [4.69, 9.17) is 9.15 Å². The number of rotatable bonds is 2. The van der Waals surface area contributed by atoms with Crippen LogP contribution in [0.5, 0.6) is 0 Å². The fourth-order valence-electron chi connectivity index (χ4n) is 1.33. The van der Waals surface area contributed by atoms with Crippen molar-refractivity contribution in [3.05, 3.63) is 40.7 Å². The molecule has 0 radical (unpaired) electrons. The molecular formula is C11H9NO4. The number of hydrogen-bond donors (Lipinski definition) is 0. The minimum absolute atomic E-state index is 0.0921. The smallest absolute Gasteiger partial charge is 0.374 e. The number of esters is 1. The van der Waals surface area contributed by atoms with E-state index in [1.54, 1.807) is 13.0 Å². The van der Waals surface area contributed by atoms with E-state index in [9.17, 15) is 9.59 Å². The minimum atomic E-state index is -0.640. The Morgan fingerprint density at radius 1 is 1.56 bits per heavy atom. The number of hydrogen-bond acceptors (Lipinski definition) is 5. The van der Waals surface area contributed by atoms with Gasteiger partial charge in [-0.15, -0.1) is 0 Å². The Morgan fingerprint density at radius 2 is 2.38 bits per heavy atom. The first-order valence-electron chi connectivity index (χ1n) is 4.77. The highest BCUT2D eigenvalue weighted by Gasteiger charge is 2.12. The second-order valence-electron chi connectivity index (χ2n) is 3.08. The van der Waals surface area contributed by atoms with Gasteiger partial charge in [-0.3, -0.25) is 4.98 Å². The molecule has 0 fully saturated rings. The summed E-state index contributed by atoms with van der Waals surface area (Å²) in [6.45, 7) is 1.91. The maximum absolute atomic E-state index is 11.5. The zero-order valence-corrected chi connectivity index (χ0v) is 8.60. The number of pyridine rings is 1. The molecule has 0 aliphatic heterocycles. The van der Waals surface area contributed by atoms with Gasteiger partial charge in [-0.25, -0.2) is 9.59 Å². The van der Waals surface area contributed by atoms with Crippen LogP contribution in [-0.4, -0.2) is 17.6 Å². The van der Waals surface area contributed by atoms with E-state index < -0.39 is 11.6 Å². The monoisotopic (exact) mass is 219 g/mol. The third-order valence-electron chi connectivity index (χ3n) is 2.04. The number of carbonyl (C=O) groups is 1. The van der Waals surface area contributed by atoms with Crippen LogP contribution in [0.4, 0.5) is 0 Å². The average molecular weight is 219 g/mol. The summed E-state index contributed by atoms with van der Waals surface area (Å²) in [7, 11) is 0. The summed E-state index contributed by atoms with van der Waals surface area (Å²) in [5.41, 5.74) is -0.589. The Bertz CT molecular complexity index is 588. The predicted molar refractivity (Wildman–Crippen MR) is 56.2 cm³/mol. The molecule has 0 spiro atoms. The molecule has 0 saturated carbocycles. The van der Waals surface area contributed by atoms with E-state index in [-0.39, 0.29) is 12.4 Å². The Morgan fingerprint density at radius 3 is 3.12 bits per heavy atom. The van der Waals surface area contributed by atoms with E-state index in [0.717, 1.165) is 0 Å².